The minimum atomic E-state index is 0.535. The molecule has 1 aliphatic heterocycles. The van der Waals surface area contributed by atoms with Crippen molar-refractivity contribution in [1.82, 2.24) is 9.88 Å². The van der Waals surface area contributed by atoms with Gasteiger partial charge in [-0.1, -0.05) is 0 Å². The Morgan fingerprint density at radius 2 is 2.29 bits per heavy atom. The van der Waals surface area contributed by atoms with Crippen LogP contribution in [0.5, 0.6) is 0 Å². The van der Waals surface area contributed by atoms with Gasteiger partial charge in [-0.2, -0.15) is 0 Å². The number of hydrogen-bond acceptors (Lipinski definition) is 3. The molecule has 0 aromatic carbocycles. The first kappa shape index (κ1) is 12.8. The molecule has 1 saturated heterocycles. The van der Waals surface area contributed by atoms with Gasteiger partial charge in [0.1, 0.15) is 5.82 Å². The molecule has 2 unspecified atom stereocenters. The predicted molar refractivity (Wildman–Crippen MR) is 75.4 cm³/mol. The second kappa shape index (κ2) is 5.36. The fraction of sp³-hybridized carbons (Fsp3) is 0.615. The van der Waals surface area contributed by atoms with Crippen LogP contribution in [0.2, 0.25) is 0 Å². The van der Waals surface area contributed by atoms with E-state index >= 15 is 0 Å². The van der Waals surface area contributed by atoms with E-state index in [0.717, 1.165) is 16.8 Å². The van der Waals surface area contributed by atoms with E-state index in [4.69, 9.17) is 0 Å². The Morgan fingerprint density at radius 1 is 1.53 bits per heavy atom. The van der Waals surface area contributed by atoms with Gasteiger partial charge in [-0.15, -0.1) is 0 Å². The van der Waals surface area contributed by atoms with Crippen LogP contribution in [0.3, 0.4) is 0 Å². The summed E-state index contributed by atoms with van der Waals surface area (Å²) in [7, 11) is 2.20. The van der Waals surface area contributed by atoms with Gasteiger partial charge < -0.3 is 10.2 Å². The quantitative estimate of drug-likeness (QED) is 0.909. The van der Waals surface area contributed by atoms with Crippen molar-refractivity contribution in [2.24, 2.45) is 0 Å². The number of anilines is 1. The van der Waals surface area contributed by atoms with E-state index in [1.54, 1.807) is 0 Å². The number of hydrogen-bond donors (Lipinski definition) is 1. The molecule has 2 heterocycles. The molecule has 1 aliphatic rings. The molecule has 17 heavy (non-hydrogen) atoms. The number of rotatable bonds is 2. The molecular weight excluding hydrogens is 278 g/mol. The summed E-state index contributed by atoms with van der Waals surface area (Å²) in [6.07, 6.45) is 4.27. The molecule has 4 heteroatoms. The van der Waals surface area contributed by atoms with Gasteiger partial charge in [0.05, 0.1) is 4.47 Å². The van der Waals surface area contributed by atoms with E-state index < -0.39 is 0 Å². The SMILES string of the molecule is Cc1cnc(NC2CCN(C)C(C)C2)c(Br)c1. The smallest absolute Gasteiger partial charge is 0.140 e. The van der Waals surface area contributed by atoms with Crippen LogP contribution in [-0.4, -0.2) is 35.6 Å². The summed E-state index contributed by atoms with van der Waals surface area (Å²) in [5, 5.41) is 3.54. The molecule has 0 aliphatic carbocycles. The Labute approximate surface area is 112 Å². The van der Waals surface area contributed by atoms with Crippen LogP contribution in [0.1, 0.15) is 25.3 Å². The van der Waals surface area contributed by atoms with Crippen molar-refractivity contribution in [3.05, 3.63) is 22.3 Å². The Morgan fingerprint density at radius 3 is 2.94 bits per heavy atom. The summed E-state index contributed by atoms with van der Waals surface area (Å²) < 4.78 is 1.06. The average Bonchev–Trinajstić information content (AvgIpc) is 2.27. The molecule has 3 nitrogen and oxygen atoms in total. The van der Waals surface area contributed by atoms with Gasteiger partial charge in [0.2, 0.25) is 0 Å². The Balaban J connectivity index is 2.01. The molecule has 2 atom stereocenters. The van der Waals surface area contributed by atoms with Gasteiger partial charge in [-0.05, 0) is 61.3 Å². The molecule has 1 aromatic heterocycles. The van der Waals surface area contributed by atoms with E-state index in [9.17, 15) is 0 Å². The lowest BCUT2D eigenvalue weighted by Crippen LogP contribution is -2.42. The van der Waals surface area contributed by atoms with Crippen LogP contribution in [0.25, 0.3) is 0 Å². The molecule has 0 amide bonds. The molecule has 0 spiro atoms. The summed E-state index contributed by atoms with van der Waals surface area (Å²) in [4.78, 5) is 6.86. The number of piperidine rings is 1. The third kappa shape index (κ3) is 3.19. The summed E-state index contributed by atoms with van der Waals surface area (Å²) in [6, 6.07) is 3.28. The third-order valence-corrected chi connectivity index (χ3v) is 4.13. The standard InChI is InChI=1S/C13H20BrN3/c1-9-6-12(14)13(15-8-9)16-11-4-5-17(3)10(2)7-11/h6,8,10-11H,4-5,7H2,1-3H3,(H,15,16). The first-order valence-electron chi connectivity index (χ1n) is 6.15. The number of nitrogens with zero attached hydrogens (tertiary/aromatic N) is 2. The number of pyridine rings is 1. The van der Waals surface area contributed by atoms with Gasteiger partial charge in [0.15, 0.2) is 0 Å². The van der Waals surface area contributed by atoms with E-state index in [2.05, 4.69) is 58.1 Å². The van der Waals surface area contributed by atoms with Gasteiger partial charge >= 0.3 is 0 Å². The fourth-order valence-corrected chi connectivity index (χ4v) is 2.83. The van der Waals surface area contributed by atoms with Crippen LogP contribution in [-0.2, 0) is 0 Å². The first-order chi connectivity index (χ1) is 8.06. The zero-order valence-corrected chi connectivity index (χ0v) is 12.3. The molecular formula is C13H20BrN3. The summed E-state index contributed by atoms with van der Waals surface area (Å²) in [6.45, 7) is 5.49. The number of halogens is 1. The minimum absolute atomic E-state index is 0.535. The fourth-order valence-electron chi connectivity index (χ4n) is 2.25. The Kier molecular flexibility index (Phi) is 4.05. The Bertz CT molecular complexity index is 394. The normalized spacial score (nSPS) is 25.9. The second-order valence-corrected chi connectivity index (χ2v) is 5.89. The van der Waals surface area contributed by atoms with Gasteiger partial charge in [-0.25, -0.2) is 4.98 Å². The van der Waals surface area contributed by atoms with E-state index in [-0.39, 0.29) is 0 Å². The maximum atomic E-state index is 4.44. The summed E-state index contributed by atoms with van der Waals surface area (Å²) >= 11 is 3.57. The third-order valence-electron chi connectivity index (χ3n) is 3.53. The highest BCUT2D eigenvalue weighted by Gasteiger charge is 2.23. The van der Waals surface area contributed by atoms with Crippen molar-refractivity contribution >= 4 is 21.7 Å². The molecule has 1 fully saturated rings. The number of aryl methyl sites for hydroxylation is 1. The van der Waals surface area contributed by atoms with Crippen molar-refractivity contribution < 1.29 is 0 Å². The molecule has 0 bridgehead atoms. The van der Waals surface area contributed by atoms with E-state index in [0.29, 0.717) is 12.1 Å². The van der Waals surface area contributed by atoms with Crippen LogP contribution in [0, 0.1) is 6.92 Å². The van der Waals surface area contributed by atoms with Crippen molar-refractivity contribution in [2.45, 2.75) is 38.8 Å². The van der Waals surface area contributed by atoms with Crippen LogP contribution in [0.4, 0.5) is 5.82 Å². The van der Waals surface area contributed by atoms with E-state index in [1.165, 1.54) is 18.4 Å². The Hall–Kier alpha value is -0.610. The van der Waals surface area contributed by atoms with Gasteiger partial charge in [0, 0.05) is 24.8 Å². The molecule has 94 valence electrons. The summed E-state index contributed by atoms with van der Waals surface area (Å²) in [5.74, 6) is 0.970. The zero-order valence-electron chi connectivity index (χ0n) is 10.7. The average molecular weight is 298 g/mol. The maximum Gasteiger partial charge on any atom is 0.140 e. The maximum absolute atomic E-state index is 4.44. The molecule has 1 aromatic rings. The lowest BCUT2D eigenvalue weighted by molar-refractivity contribution is 0.190. The largest absolute Gasteiger partial charge is 0.366 e. The van der Waals surface area contributed by atoms with Crippen molar-refractivity contribution in [3.8, 4) is 0 Å². The molecule has 1 N–H and O–H groups in total. The number of aromatic nitrogens is 1. The lowest BCUT2D eigenvalue weighted by atomic mass is 9.99. The second-order valence-electron chi connectivity index (χ2n) is 5.04. The van der Waals surface area contributed by atoms with Gasteiger partial charge in [0.25, 0.3) is 0 Å². The number of likely N-dealkylation sites (tertiary alicyclic amines) is 1. The lowest BCUT2D eigenvalue weighted by Gasteiger charge is -2.35. The van der Waals surface area contributed by atoms with Crippen molar-refractivity contribution in [1.29, 1.82) is 0 Å². The van der Waals surface area contributed by atoms with Crippen LogP contribution >= 0.6 is 15.9 Å². The monoisotopic (exact) mass is 297 g/mol. The molecule has 0 saturated carbocycles. The first-order valence-corrected chi connectivity index (χ1v) is 6.94. The highest BCUT2D eigenvalue weighted by Crippen LogP contribution is 2.24. The number of nitrogens with one attached hydrogen (secondary N) is 1. The predicted octanol–water partition coefficient (Wildman–Crippen LogP) is 3.05. The highest BCUT2D eigenvalue weighted by molar-refractivity contribution is 9.10. The van der Waals surface area contributed by atoms with Crippen molar-refractivity contribution in [3.63, 3.8) is 0 Å². The van der Waals surface area contributed by atoms with E-state index in [1.807, 2.05) is 6.20 Å². The van der Waals surface area contributed by atoms with Gasteiger partial charge in [-0.3, -0.25) is 0 Å². The molecule has 2 rings (SSSR count). The minimum Gasteiger partial charge on any atom is -0.366 e. The molecule has 0 radical (unpaired) electrons. The van der Waals surface area contributed by atoms with Crippen LogP contribution < -0.4 is 5.32 Å². The highest BCUT2D eigenvalue weighted by atomic mass is 79.9. The summed E-state index contributed by atoms with van der Waals surface area (Å²) in [5.41, 5.74) is 1.18. The van der Waals surface area contributed by atoms with Crippen LogP contribution in [0.15, 0.2) is 16.7 Å². The topological polar surface area (TPSA) is 28.2 Å². The zero-order chi connectivity index (χ0) is 12.4. The van der Waals surface area contributed by atoms with Crippen molar-refractivity contribution in [2.75, 3.05) is 18.9 Å².